The Hall–Kier alpha value is -2.95. The van der Waals surface area contributed by atoms with E-state index in [1.54, 1.807) is 28.6 Å². The Morgan fingerprint density at radius 3 is 2.56 bits per heavy atom. The first-order valence-corrected chi connectivity index (χ1v) is 13.6. The van der Waals surface area contributed by atoms with E-state index in [4.69, 9.17) is 5.26 Å². The van der Waals surface area contributed by atoms with Gasteiger partial charge in [0, 0.05) is 42.2 Å². The van der Waals surface area contributed by atoms with E-state index in [2.05, 4.69) is 17.1 Å². The van der Waals surface area contributed by atoms with Crippen LogP contribution in [0, 0.1) is 11.3 Å². The number of aromatic nitrogens is 1. The molecule has 2 fully saturated rings. The number of nitrogens with zero attached hydrogens (tertiary/aromatic N) is 2. The summed E-state index contributed by atoms with van der Waals surface area (Å²) in [7, 11) is -3.18. The van der Waals surface area contributed by atoms with Crippen molar-refractivity contribution in [2.45, 2.75) is 56.1 Å². The molecular weight excluding hydrogens is 446 g/mol. The van der Waals surface area contributed by atoms with Crippen LogP contribution in [0.15, 0.2) is 48.7 Å². The third-order valence-electron chi connectivity index (χ3n) is 7.43. The predicted octanol–water partition coefficient (Wildman–Crippen LogP) is 4.92. The molecule has 0 amide bonds. The van der Waals surface area contributed by atoms with Gasteiger partial charge in [-0.3, -0.25) is 4.79 Å². The topological polar surface area (TPSA) is 94.0 Å². The molecule has 0 atom stereocenters. The number of fused-ring (bicyclic) bond motifs is 1. The lowest BCUT2D eigenvalue weighted by molar-refractivity contribution is 0.0993. The average molecular weight is 476 g/mol. The number of nitriles is 1. The molecule has 1 N–H and O–H groups in total. The molecule has 5 rings (SSSR count). The smallest absolute Gasteiger partial charge is 0.216 e. The van der Waals surface area contributed by atoms with E-state index < -0.39 is 10.0 Å². The molecule has 0 radical (unpaired) electrons. The molecule has 1 aliphatic heterocycles. The quantitative estimate of drug-likeness (QED) is 0.512. The SMILES string of the molecule is N#Cc1cccc(C(=O)Cc2ccc3[nH]cc(C4CCN(S(=O)(=O)C5CCCC5)CC4)c3c2)c1. The summed E-state index contributed by atoms with van der Waals surface area (Å²) in [5, 5.41) is 10.0. The number of piperidine rings is 1. The summed E-state index contributed by atoms with van der Waals surface area (Å²) in [6.45, 7) is 1.15. The van der Waals surface area contributed by atoms with Crippen LogP contribution in [0.1, 0.15) is 71.5 Å². The van der Waals surface area contributed by atoms with Crippen molar-refractivity contribution in [3.63, 3.8) is 0 Å². The van der Waals surface area contributed by atoms with E-state index in [-0.39, 0.29) is 17.5 Å². The first kappa shape index (κ1) is 22.8. The third kappa shape index (κ3) is 4.40. The van der Waals surface area contributed by atoms with Crippen molar-refractivity contribution in [2.75, 3.05) is 13.1 Å². The number of hydrogen-bond donors (Lipinski definition) is 1. The Morgan fingerprint density at radius 2 is 1.82 bits per heavy atom. The number of Topliss-reactive ketones (excluding diaryl/α,β-unsaturated/α-hetero) is 1. The number of hydrogen-bond acceptors (Lipinski definition) is 4. The molecule has 2 heterocycles. The van der Waals surface area contributed by atoms with Gasteiger partial charge in [-0.1, -0.05) is 31.0 Å². The summed E-state index contributed by atoms with van der Waals surface area (Å²) < 4.78 is 27.7. The van der Waals surface area contributed by atoms with Crippen LogP contribution >= 0.6 is 0 Å². The molecule has 6 nitrogen and oxygen atoms in total. The largest absolute Gasteiger partial charge is 0.361 e. The molecule has 0 bridgehead atoms. The number of nitrogens with one attached hydrogen (secondary N) is 1. The Kier molecular flexibility index (Phi) is 6.28. The zero-order valence-electron chi connectivity index (χ0n) is 19.2. The van der Waals surface area contributed by atoms with Gasteiger partial charge < -0.3 is 4.98 Å². The van der Waals surface area contributed by atoms with E-state index in [0.717, 1.165) is 55.0 Å². The minimum Gasteiger partial charge on any atom is -0.361 e. The fourth-order valence-corrected chi connectivity index (χ4v) is 7.58. The number of carbonyl (C=O) groups is 1. The number of ketones is 1. The van der Waals surface area contributed by atoms with Crippen LogP contribution in [0.5, 0.6) is 0 Å². The van der Waals surface area contributed by atoms with Crippen molar-refractivity contribution >= 4 is 26.7 Å². The van der Waals surface area contributed by atoms with Gasteiger partial charge in [0.2, 0.25) is 10.0 Å². The molecule has 1 aromatic heterocycles. The minimum atomic E-state index is -3.18. The van der Waals surface area contributed by atoms with Crippen LogP contribution in [0.3, 0.4) is 0 Å². The van der Waals surface area contributed by atoms with Crippen molar-refractivity contribution in [3.8, 4) is 6.07 Å². The van der Waals surface area contributed by atoms with Crippen molar-refractivity contribution in [3.05, 3.63) is 70.9 Å². The summed E-state index contributed by atoms with van der Waals surface area (Å²) >= 11 is 0. The van der Waals surface area contributed by atoms with E-state index >= 15 is 0 Å². The van der Waals surface area contributed by atoms with Gasteiger partial charge in [0.25, 0.3) is 0 Å². The van der Waals surface area contributed by atoms with Gasteiger partial charge in [0.05, 0.1) is 16.9 Å². The van der Waals surface area contributed by atoms with Gasteiger partial charge in [-0.05, 0) is 67.0 Å². The van der Waals surface area contributed by atoms with Gasteiger partial charge >= 0.3 is 0 Å². The van der Waals surface area contributed by atoms with Crippen LogP contribution < -0.4 is 0 Å². The Balaban J connectivity index is 1.31. The maximum Gasteiger partial charge on any atom is 0.216 e. The van der Waals surface area contributed by atoms with Crippen LogP contribution in [-0.4, -0.2) is 41.8 Å². The number of aromatic amines is 1. The van der Waals surface area contributed by atoms with Crippen molar-refractivity contribution in [2.24, 2.45) is 0 Å². The molecule has 1 aliphatic carbocycles. The van der Waals surface area contributed by atoms with Crippen LogP contribution in [0.4, 0.5) is 0 Å². The molecule has 0 spiro atoms. The second-order valence-electron chi connectivity index (χ2n) is 9.54. The number of carbonyl (C=O) groups excluding carboxylic acids is 1. The summed E-state index contributed by atoms with van der Waals surface area (Å²) in [5.41, 5.74) is 4.19. The lowest BCUT2D eigenvalue weighted by Crippen LogP contribution is -2.42. The number of sulfonamides is 1. The summed E-state index contributed by atoms with van der Waals surface area (Å²) in [5.74, 6) is 0.279. The molecule has 34 heavy (non-hydrogen) atoms. The summed E-state index contributed by atoms with van der Waals surface area (Å²) in [6, 6.07) is 14.9. The fourth-order valence-electron chi connectivity index (χ4n) is 5.51. The van der Waals surface area contributed by atoms with E-state index in [1.807, 2.05) is 18.3 Å². The Morgan fingerprint density at radius 1 is 1.06 bits per heavy atom. The zero-order chi connectivity index (χ0) is 23.7. The Bertz CT molecular complexity index is 1360. The molecule has 2 aliphatic rings. The minimum absolute atomic E-state index is 0.0148. The van der Waals surface area contributed by atoms with E-state index in [9.17, 15) is 13.2 Å². The van der Waals surface area contributed by atoms with Crippen LogP contribution in [-0.2, 0) is 16.4 Å². The van der Waals surface area contributed by atoms with Crippen LogP contribution in [0.25, 0.3) is 10.9 Å². The molecular formula is C27H29N3O3S. The number of rotatable bonds is 6. The lowest BCUT2D eigenvalue weighted by Gasteiger charge is -2.33. The van der Waals surface area contributed by atoms with Gasteiger partial charge in [-0.2, -0.15) is 5.26 Å². The van der Waals surface area contributed by atoms with Gasteiger partial charge in [0.1, 0.15) is 0 Å². The zero-order valence-corrected chi connectivity index (χ0v) is 20.0. The second kappa shape index (κ2) is 9.36. The van der Waals surface area contributed by atoms with Crippen molar-refractivity contribution in [1.29, 1.82) is 5.26 Å². The highest BCUT2D eigenvalue weighted by Gasteiger charge is 2.36. The maximum absolute atomic E-state index is 13.0. The highest BCUT2D eigenvalue weighted by Crippen LogP contribution is 2.36. The molecule has 1 saturated carbocycles. The molecule has 0 unspecified atom stereocenters. The molecule has 176 valence electrons. The normalized spacial score (nSPS) is 18.3. The molecule has 2 aromatic carbocycles. The first-order valence-electron chi connectivity index (χ1n) is 12.1. The van der Waals surface area contributed by atoms with Gasteiger partial charge in [-0.25, -0.2) is 12.7 Å². The maximum atomic E-state index is 13.0. The van der Waals surface area contributed by atoms with Gasteiger partial charge in [0.15, 0.2) is 5.78 Å². The highest BCUT2D eigenvalue weighted by molar-refractivity contribution is 7.89. The first-order chi connectivity index (χ1) is 16.5. The van der Waals surface area contributed by atoms with E-state index in [0.29, 0.717) is 30.1 Å². The summed E-state index contributed by atoms with van der Waals surface area (Å²) in [6.07, 6.45) is 7.56. The monoisotopic (exact) mass is 475 g/mol. The van der Waals surface area contributed by atoms with E-state index in [1.165, 1.54) is 5.56 Å². The standard InChI is InChI=1S/C27H29N3O3S/c28-17-20-4-3-5-22(14-20)27(31)16-19-8-9-26-24(15-19)25(18-29-26)21-10-12-30(13-11-21)34(32,33)23-6-1-2-7-23/h3-5,8-9,14-15,18,21,23,29H,1-2,6-7,10-13,16H2. The number of H-pyrrole nitrogens is 1. The third-order valence-corrected chi connectivity index (χ3v) is 9.83. The van der Waals surface area contributed by atoms with Gasteiger partial charge in [-0.15, -0.1) is 0 Å². The highest BCUT2D eigenvalue weighted by atomic mass is 32.2. The summed E-state index contributed by atoms with van der Waals surface area (Å²) in [4.78, 5) is 16.1. The van der Waals surface area contributed by atoms with Crippen molar-refractivity contribution < 1.29 is 13.2 Å². The fraction of sp³-hybridized carbons (Fsp3) is 0.407. The van der Waals surface area contributed by atoms with Crippen molar-refractivity contribution in [1.82, 2.24) is 9.29 Å². The number of benzene rings is 2. The molecule has 1 saturated heterocycles. The predicted molar refractivity (Wildman–Crippen MR) is 132 cm³/mol. The Labute approximate surface area is 200 Å². The average Bonchev–Trinajstić information content (AvgIpc) is 3.55. The van der Waals surface area contributed by atoms with Crippen LogP contribution in [0.2, 0.25) is 0 Å². The molecule has 3 aromatic rings. The second-order valence-corrected chi connectivity index (χ2v) is 11.8. The lowest BCUT2D eigenvalue weighted by atomic mass is 9.89. The molecule has 7 heteroatoms.